The molecule has 1 aromatic rings. The van der Waals surface area contributed by atoms with Crippen molar-refractivity contribution < 1.29 is 0 Å². The second-order valence-electron chi connectivity index (χ2n) is 5.39. The van der Waals surface area contributed by atoms with Crippen LogP contribution in [0.1, 0.15) is 44.2 Å². The Labute approximate surface area is 125 Å². The maximum atomic E-state index is 3.66. The third-order valence-electron chi connectivity index (χ3n) is 4.30. The number of hydrogen-bond donors (Lipinski definition) is 1. The summed E-state index contributed by atoms with van der Waals surface area (Å²) in [5.74, 6) is 0. The highest BCUT2D eigenvalue weighted by Gasteiger charge is 2.23. The zero-order chi connectivity index (χ0) is 13.7. The van der Waals surface area contributed by atoms with Gasteiger partial charge in [-0.15, -0.1) is 0 Å². The van der Waals surface area contributed by atoms with E-state index in [9.17, 15) is 0 Å². The molecule has 106 valence electrons. The molecule has 0 bridgehead atoms. The molecule has 0 amide bonds. The maximum Gasteiger partial charge on any atom is 0.0340 e. The summed E-state index contributed by atoms with van der Waals surface area (Å²) in [4.78, 5) is 2.67. The van der Waals surface area contributed by atoms with Gasteiger partial charge in [0.2, 0.25) is 0 Å². The van der Waals surface area contributed by atoms with E-state index in [2.05, 4.69) is 64.4 Å². The highest BCUT2D eigenvalue weighted by molar-refractivity contribution is 9.10. The van der Waals surface area contributed by atoms with Gasteiger partial charge in [-0.3, -0.25) is 0 Å². The predicted molar refractivity (Wildman–Crippen MR) is 85.4 cm³/mol. The SMILES string of the molecule is CCC1CCCN1CCC(NC)c1ccccc1Br. The van der Waals surface area contributed by atoms with E-state index in [4.69, 9.17) is 0 Å². The van der Waals surface area contributed by atoms with E-state index in [1.54, 1.807) is 0 Å². The molecule has 1 heterocycles. The molecule has 1 aromatic carbocycles. The fourth-order valence-electron chi connectivity index (χ4n) is 3.16. The molecule has 1 N–H and O–H groups in total. The number of hydrogen-bond acceptors (Lipinski definition) is 2. The van der Waals surface area contributed by atoms with Gasteiger partial charge >= 0.3 is 0 Å². The number of likely N-dealkylation sites (tertiary alicyclic amines) is 1. The van der Waals surface area contributed by atoms with E-state index in [0.717, 1.165) is 6.04 Å². The topological polar surface area (TPSA) is 15.3 Å². The third-order valence-corrected chi connectivity index (χ3v) is 5.03. The molecule has 2 unspecified atom stereocenters. The van der Waals surface area contributed by atoms with Crippen LogP contribution in [0.25, 0.3) is 0 Å². The molecule has 1 aliphatic rings. The van der Waals surface area contributed by atoms with Crippen molar-refractivity contribution in [3.8, 4) is 0 Å². The Morgan fingerprint density at radius 1 is 1.42 bits per heavy atom. The van der Waals surface area contributed by atoms with Crippen LogP contribution in [0.15, 0.2) is 28.7 Å². The molecule has 0 radical (unpaired) electrons. The second kappa shape index (κ2) is 7.41. The van der Waals surface area contributed by atoms with Crippen molar-refractivity contribution in [1.82, 2.24) is 10.2 Å². The normalized spacial score (nSPS) is 21.7. The fourth-order valence-corrected chi connectivity index (χ4v) is 3.72. The summed E-state index contributed by atoms with van der Waals surface area (Å²) in [5.41, 5.74) is 1.37. The van der Waals surface area contributed by atoms with E-state index < -0.39 is 0 Å². The molecule has 19 heavy (non-hydrogen) atoms. The molecule has 2 rings (SSSR count). The van der Waals surface area contributed by atoms with E-state index in [1.165, 1.54) is 48.8 Å². The van der Waals surface area contributed by atoms with Gasteiger partial charge in [-0.1, -0.05) is 41.1 Å². The van der Waals surface area contributed by atoms with Gasteiger partial charge in [0.1, 0.15) is 0 Å². The van der Waals surface area contributed by atoms with Crippen LogP contribution in [0, 0.1) is 0 Å². The molecule has 1 saturated heterocycles. The lowest BCUT2D eigenvalue weighted by Gasteiger charge is -2.26. The molecule has 0 spiro atoms. The highest BCUT2D eigenvalue weighted by atomic mass is 79.9. The number of halogens is 1. The van der Waals surface area contributed by atoms with E-state index in [0.29, 0.717) is 6.04 Å². The minimum atomic E-state index is 0.439. The first-order valence-corrected chi connectivity index (χ1v) is 8.21. The first-order valence-electron chi connectivity index (χ1n) is 7.42. The molecule has 3 heteroatoms. The van der Waals surface area contributed by atoms with Crippen molar-refractivity contribution in [3.05, 3.63) is 34.3 Å². The molecule has 0 saturated carbocycles. The number of nitrogens with zero attached hydrogens (tertiary/aromatic N) is 1. The lowest BCUT2D eigenvalue weighted by Crippen LogP contribution is -2.32. The zero-order valence-electron chi connectivity index (χ0n) is 12.0. The molecule has 0 aromatic heterocycles. The summed E-state index contributed by atoms with van der Waals surface area (Å²) in [7, 11) is 2.06. The number of benzene rings is 1. The molecule has 2 atom stereocenters. The van der Waals surface area contributed by atoms with Gasteiger partial charge in [-0.05, 0) is 50.9 Å². The molecule has 1 fully saturated rings. The monoisotopic (exact) mass is 324 g/mol. The van der Waals surface area contributed by atoms with Gasteiger partial charge in [0, 0.05) is 23.1 Å². The van der Waals surface area contributed by atoms with Gasteiger partial charge < -0.3 is 10.2 Å². The van der Waals surface area contributed by atoms with Crippen molar-refractivity contribution in [2.24, 2.45) is 0 Å². The molecular formula is C16H25BrN2. The maximum absolute atomic E-state index is 3.66. The summed E-state index contributed by atoms with van der Waals surface area (Å²) >= 11 is 3.66. The second-order valence-corrected chi connectivity index (χ2v) is 6.25. The van der Waals surface area contributed by atoms with Crippen molar-refractivity contribution in [2.45, 2.75) is 44.7 Å². The summed E-state index contributed by atoms with van der Waals surface area (Å²) in [6.07, 6.45) is 5.22. The van der Waals surface area contributed by atoms with E-state index in [1.807, 2.05) is 0 Å². The van der Waals surface area contributed by atoms with Gasteiger partial charge in [0.05, 0.1) is 0 Å². The Bertz CT molecular complexity index is 394. The van der Waals surface area contributed by atoms with Gasteiger partial charge in [-0.25, -0.2) is 0 Å². The molecule has 2 nitrogen and oxygen atoms in total. The number of nitrogens with one attached hydrogen (secondary N) is 1. The first kappa shape index (κ1) is 15.0. The summed E-state index contributed by atoms with van der Waals surface area (Å²) in [6, 6.07) is 9.80. The zero-order valence-corrected chi connectivity index (χ0v) is 13.6. The average Bonchev–Trinajstić information content (AvgIpc) is 2.88. The highest BCUT2D eigenvalue weighted by Crippen LogP contribution is 2.27. The molecule has 1 aliphatic heterocycles. The van der Waals surface area contributed by atoms with Crippen LogP contribution in [-0.2, 0) is 0 Å². The summed E-state index contributed by atoms with van der Waals surface area (Å²) in [5, 5.41) is 3.46. The van der Waals surface area contributed by atoms with Crippen LogP contribution >= 0.6 is 15.9 Å². The Morgan fingerprint density at radius 2 is 2.21 bits per heavy atom. The fraction of sp³-hybridized carbons (Fsp3) is 0.625. The Hall–Kier alpha value is -0.380. The largest absolute Gasteiger partial charge is 0.313 e. The van der Waals surface area contributed by atoms with Crippen LogP contribution in [0.4, 0.5) is 0 Å². The van der Waals surface area contributed by atoms with Crippen LogP contribution in [0.2, 0.25) is 0 Å². The van der Waals surface area contributed by atoms with Gasteiger partial charge in [0.25, 0.3) is 0 Å². The predicted octanol–water partition coefficient (Wildman–Crippen LogP) is 3.97. The quantitative estimate of drug-likeness (QED) is 0.851. The Kier molecular flexibility index (Phi) is 5.86. The first-order chi connectivity index (χ1) is 9.26. The van der Waals surface area contributed by atoms with Crippen LogP contribution in [0.5, 0.6) is 0 Å². The number of rotatable bonds is 6. The Morgan fingerprint density at radius 3 is 2.89 bits per heavy atom. The average molecular weight is 325 g/mol. The Balaban J connectivity index is 1.95. The standard InChI is InChI=1S/C16H25BrN2/c1-3-13-7-6-11-19(13)12-10-16(18-2)14-8-4-5-9-15(14)17/h4-5,8-9,13,16,18H,3,6-7,10-12H2,1-2H3. The lowest BCUT2D eigenvalue weighted by atomic mass is 10.0. The lowest BCUT2D eigenvalue weighted by molar-refractivity contribution is 0.235. The van der Waals surface area contributed by atoms with Crippen molar-refractivity contribution in [2.75, 3.05) is 20.1 Å². The molecule has 0 aliphatic carbocycles. The van der Waals surface area contributed by atoms with Crippen molar-refractivity contribution in [3.63, 3.8) is 0 Å². The molecular weight excluding hydrogens is 300 g/mol. The summed E-state index contributed by atoms with van der Waals surface area (Å²) < 4.78 is 1.21. The minimum absolute atomic E-state index is 0.439. The van der Waals surface area contributed by atoms with Crippen LogP contribution in [-0.4, -0.2) is 31.1 Å². The van der Waals surface area contributed by atoms with Crippen molar-refractivity contribution >= 4 is 15.9 Å². The minimum Gasteiger partial charge on any atom is -0.313 e. The summed E-state index contributed by atoms with van der Waals surface area (Å²) in [6.45, 7) is 4.79. The van der Waals surface area contributed by atoms with Crippen LogP contribution in [0.3, 0.4) is 0 Å². The third kappa shape index (κ3) is 3.80. The smallest absolute Gasteiger partial charge is 0.0340 e. The van der Waals surface area contributed by atoms with Crippen molar-refractivity contribution in [1.29, 1.82) is 0 Å². The van der Waals surface area contributed by atoms with Gasteiger partial charge in [0.15, 0.2) is 0 Å². The van der Waals surface area contributed by atoms with E-state index in [-0.39, 0.29) is 0 Å². The van der Waals surface area contributed by atoms with Gasteiger partial charge in [-0.2, -0.15) is 0 Å². The van der Waals surface area contributed by atoms with E-state index >= 15 is 0 Å². The van der Waals surface area contributed by atoms with Crippen LogP contribution < -0.4 is 5.32 Å².